The van der Waals surface area contributed by atoms with Crippen molar-refractivity contribution in [3.8, 4) is 11.4 Å². The fraction of sp³-hybridized carbons (Fsp3) is 0.200. The fourth-order valence-electron chi connectivity index (χ4n) is 2.84. The van der Waals surface area contributed by atoms with Crippen molar-refractivity contribution in [1.82, 2.24) is 40.2 Å². The maximum Gasteiger partial charge on any atom is 0.251 e. The lowest BCUT2D eigenvalue weighted by Crippen LogP contribution is -2.24. The summed E-state index contributed by atoms with van der Waals surface area (Å²) in [6.45, 7) is 2.62. The van der Waals surface area contributed by atoms with Crippen LogP contribution in [0.1, 0.15) is 27.8 Å². The van der Waals surface area contributed by atoms with Gasteiger partial charge in [0.25, 0.3) is 5.91 Å². The van der Waals surface area contributed by atoms with E-state index >= 15 is 0 Å². The van der Waals surface area contributed by atoms with Gasteiger partial charge in [-0.15, -0.1) is 20.4 Å². The van der Waals surface area contributed by atoms with Crippen LogP contribution in [0.5, 0.6) is 0 Å². The zero-order valence-corrected chi connectivity index (χ0v) is 16.6. The van der Waals surface area contributed by atoms with Crippen LogP contribution in [0.3, 0.4) is 0 Å². The molecule has 1 amide bonds. The van der Waals surface area contributed by atoms with Gasteiger partial charge in [0.15, 0.2) is 11.6 Å². The Morgan fingerprint density at radius 2 is 1.90 bits per heavy atom. The van der Waals surface area contributed by atoms with Gasteiger partial charge in [-0.3, -0.25) is 9.78 Å². The molecule has 3 N–H and O–H groups in total. The summed E-state index contributed by atoms with van der Waals surface area (Å²) >= 11 is 0. The molecule has 30 heavy (non-hydrogen) atoms. The van der Waals surface area contributed by atoms with E-state index in [1.54, 1.807) is 24.5 Å². The van der Waals surface area contributed by atoms with Gasteiger partial charge in [-0.05, 0) is 37.3 Å². The first-order chi connectivity index (χ1) is 14.6. The van der Waals surface area contributed by atoms with Gasteiger partial charge in [0.1, 0.15) is 11.6 Å². The smallest absolute Gasteiger partial charge is 0.251 e. The van der Waals surface area contributed by atoms with Crippen molar-refractivity contribution >= 4 is 11.6 Å². The minimum Gasteiger partial charge on any atom is -0.378 e. The van der Waals surface area contributed by atoms with Crippen LogP contribution in [0, 0.1) is 6.92 Å². The molecule has 0 aliphatic heterocycles. The molecule has 0 unspecified atom stereocenters. The Balaban J connectivity index is 1.36. The lowest BCUT2D eigenvalue weighted by Gasteiger charge is -2.08. The van der Waals surface area contributed by atoms with Crippen molar-refractivity contribution in [2.75, 3.05) is 5.32 Å². The number of rotatable bonds is 7. The van der Waals surface area contributed by atoms with Crippen LogP contribution in [-0.2, 0) is 20.1 Å². The summed E-state index contributed by atoms with van der Waals surface area (Å²) < 4.78 is 1.84. The Morgan fingerprint density at radius 3 is 2.67 bits per heavy atom. The number of aromatic amines is 1. The second-order valence-corrected chi connectivity index (χ2v) is 6.70. The lowest BCUT2D eigenvalue weighted by molar-refractivity contribution is 0.0949. The molecule has 10 nitrogen and oxygen atoms in total. The Morgan fingerprint density at radius 1 is 1.07 bits per heavy atom. The molecule has 0 saturated carbocycles. The normalized spacial score (nSPS) is 10.7. The highest BCUT2D eigenvalue weighted by molar-refractivity contribution is 5.95. The van der Waals surface area contributed by atoms with E-state index < -0.39 is 0 Å². The average molecular weight is 403 g/mol. The molecule has 1 aromatic carbocycles. The predicted octanol–water partition coefficient (Wildman–Crippen LogP) is 1.85. The van der Waals surface area contributed by atoms with Crippen LogP contribution in [0.2, 0.25) is 0 Å². The van der Waals surface area contributed by atoms with Gasteiger partial charge in [-0.1, -0.05) is 6.07 Å². The predicted molar refractivity (Wildman–Crippen MR) is 110 cm³/mol. The molecule has 152 valence electrons. The van der Waals surface area contributed by atoms with Gasteiger partial charge in [0, 0.05) is 36.3 Å². The molecule has 0 aliphatic carbocycles. The third-order valence-corrected chi connectivity index (χ3v) is 4.66. The summed E-state index contributed by atoms with van der Waals surface area (Å²) in [6, 6.07) is 11.0. The van der Waals surface area contributed by atoms with E-state index in [1.165, 1.54) is 0 Å². The number of benzene rings is 1. The molecule has 0 radical (unpaired) electrons. The summed E-state index contributed by atoms with van der Waals surface area (Å²) in [5.74, 6) is 2.69. The molecule has 0 atom stereocenters. The van der Waals surface area contributed by atoms with Gasteiger partial charge in [-0.25, -0.2) is 0 Å². The number of hydrogen-bond acceptors (Lipinski definition) is 7. The zero-order valence-electron chi connectivity index (χ0n) is 16.6. The highest BCUT2D eigenvalue weighted by Crippen LogP contribution is 2.14. The lowest BCUT2D eigenvalue weighted by atomic mass is 10.2. The summed E-state index contributed by atoms with van der Waals surface area (Å²) in [5.41, 5.74) is 2.27. The molecule has 0 spiro atoms. The number of H-pyrrole nitrogens is 1. The van der Waals surface area contributed by atoms with Crippen molar-refractivity contribution in [3.63, 3.8) is 0 Å². The van der Waals surface area contributed by atoms with E-state index in [1.807, 2.05) is 42.8 Å². The maximum atomic E-state index is 12.5. The van der Waals surface area contributed by atoms with Crippen LogP contribution in [0.25, 0.3) is 11.4 Å². The van der Waals surface area contributed by atoms with Gasteiger partial charge < -0.3 is 20.2 Å². The largest absolute Gasteiger partial charge is 0.378 e. The Bertz CT molecular complexity index is 1150. The van der Waals surface area contributed by atoms with E-state index in [9.17, 15) is 4.79 Å². The van der Waals surface area contributed by atoms with Crippen molar-refractivity contribution in [2.24, 2.45) is 7.05 Å². The van der Waals surface area contributed by atoms with Gasteiger partial charge in [0.05, 0.1) is 13.1 Å². The van der Waals surface area contributed by atoms with Crippen molar-refractivity contribution in [2.45, 2.75) is 20.0 Å². The maximum absolute atomic E-state index is 12.5. The summed E-state index contributed by atoms with van der Waals surface area (Å²) in [5, 5.41) is 22.5. The molecule has 10 heteroatoms. The standard InChI is InChI=1S/C20H21N9O/c1-13-25-27-18(29(13)2)12-23-20(30)15-4-3-5-16(10-15)22-11-17-24-19(28-26-17)14-6-8-21-9-7-14/h3-10,22H,11-12H2,1-2H3,(H,23,30)(H,24,26,28). The van der Waals surface area contributed by atoms with E-state index in [2.05, 4.69) is 41.0 Å². The third kappa shape index (κ3) is 4.32. The summed E-state index contributed by atoms with van der Waals surface area (Å²) in [7, 11) is 1.87. The minimum absolute atomic E-state index is 0.182. The number of aromatic nitrogens is 7. The van der Waals surface area contributed by atoms with Crippen LogP contribution in [-0.4, -0.2) is 40.8 Å². The summed E-state index contributed by atoms with van der Waals surface area (Å²) in [4.78, 5) is 19.7. The number of amides is 1. The van der Waals surface area contributed by atoms with Gasteiger partial charge in [0.2, 0.25) is 0 Å². The molecule has 3 aromatic heterocycles. The van der Waals surface area contributed by atoms with E-state index in [0.717, 1.165) is 17.1 Å². The molecule has 4 aromatic rings. The highest BCUT2D eigenvalue weighted by atomic mass is 16.1. The quantitative estimate of drug-likeness (QED) is 0.430. The second-order valence-electron chi connectivity index (χ2n) is 6.70. The zero-order chi connectivity index (χ0) is 20.9. The molecule has 0 bridgehead atoms. The number of aryl methyl sites for hydroxylation is 1. The van der Waals surface area contributed by atoms with Crippen LogP contribution in [0.4, 0.5) is 5.69 Å². The topological polar surface area (TPSA) is 126 Å². The van der Waals surface area contributed by atoms with E-state index in [4.69, 9.17) is 0 Å². The van der Waals surface area contributed by atoms with Crippen LogP contribution >= 0.6 is 0 Å². The monoisotopic (exact) mass is 403 g/mol. The highest BCUT2D eigenvalue weighted by Gasteiger charge is 2.10. The van der Waals surface area contributed by atoms with Crippen LogP contribution in [0.15, 0.2) is 48.8 Å². The van der Waals surface area contributed by atoms with Gasteiger partial charge in [-0.2, -0.15) is 0 Å². The van der Waals surface area contributed by atoms with Crippen molar-refractivity contribution in [3.05, 3.63) is 71.8 Å². The Hall–Kier alpha value is -4.08. The Labute approximate surface area is 172 Å². The van der Waals surface area contributed by atoms with Crippen molar-refractivity contribution < 1.29 is 4.79 Å². The SMILES string of the molecule is Cc1nnc(CNC(=O)c2cccc(NCc3nnc(-c4ccncc4)[nH]3)c2)n1C. The first-order valence-corrected chi connectivity index (χ1v) is 9.39. The average Bonchev–Trinajstić information content (AvgIpc) is 3.39. The molecular formula is C20H21N9O. The second kappa shape index (κ2) is 8.52. The van der Waals surface area contributed by atoms with Crippen molar-refractivity contribution in [1.29, 1.82) is 0 Å². The number of carbonyl (C=O) groups excluding carboxylic acids is 1. The van der Waals surface area contributed by atoms with E-state index in [-0.39, 0.29) is 5.91 Å². The number of pyridine rings is 1. The van der Waals surface area contributed by atoms with E-state index in [0.29, 0.717) is 36.1 Å². The number of hydrogen-bond donors (Lipinski definition) is 3. The third-order valence-electron chi connectivity index (χ3n) is 4.66. The molecule has 0 fully saturated rings. The number of carbonyl (C=O) groups is 1. The summed E-state index contributed by atoms with van der Waals surface area (Å²) in [6.07, 6.45) is 3.41. The molecule has 0 saturated heterocycles. The fourth-order valence-corrected chi connectivity index (χ4v) is 2.84. The number of nitrogens with zero attached hydrogens (tertiary/aromatic N) is 6. The molecule has 0 aliphatic rings. The molecular weight excluding hydrogens is 382 g/mol. The van der Waals surface area contributed by atoms with Gasteiger partial charge >= 0.3 is 0 Å². The first kappa shape index (κ1) is 19.2. The molecule has 4 rings (SSSR count). The minimum atomic E-state index is -0.182. The Kier molecular flexibility index (Phi) is 5.46. The number of anilines is 1. The molecule has 3 heterocycles. The van der Waals surface area contributed by atoms with Crippen LogP contribution < -0.4 is 10.6 Å². The first-order valence-electron chi connectivity index (χ1n) is 9.39. The number of nitrogens with one attached hydrogen (secondary N) is 3.